The maximum Gasteiger partial charge on any atom is 0.204 e. The van der Waals surface area contributed by atoms with Gasteiger partial charge in [-0.15, -0.1) is 0 Å². The van der Waals surface area contributed by atoms with Gasteiger partial charge in [0.05, 0.1) is 14.2 Å². The van der Waals surface area contributed by atoms with Gasteiger partial charge in [0.25, 0.3) is 0 Å². The monoisotopic (exact) mass is 723 g/mol. The Labute approximate surface area is 313 Å². The number of hydrogen-bond acceptors (Lipinski definition) is 10. The predicted molar refractivity (Wildman–Crippen MR) is 205 cm³/mol. The van der Waals surface area contributed by atoms with Crippen LogP contribution in [0.3, 0.4) is 0 Å². The molecule has 6 bridgehead atoms. The summed E-state index contributed by atoms with van der Waals surface area (Å²) < 4.78 is 37.0. The first-order valence-corrected chi connectivity index (χ1v) is 18.7. The van der Waals surface area contributed by atoms with Crippen LogP contribution in [0.1, 0.15) is 51.9 Å². The summed E-state index contributed by atoms with van der Waals surface area (Å²) in [4.78, 5) is 4.81. The Kier molecular flexibility index (Phi) is 11.7. The fourth-order valence-electron chi connectivity index (χ4n) is 7.87. The zero-order chi connectivity index (χ0) is 36.9. The molecule has 53 heavy (non-hydrogen) atoms. The van der Waals surface area contributed by atoms with Crippen molar-refractivity contribution in [2.45, 2.75) is 50.3 Å². The summed E-state index contributed by atoms with van der Waals surface area (Å²) in [5.41, 5.74) is 7.14. The third-order valence-corrected chi connectivity index (χ3v) is 10.8. The average molecular weight is 724 g/mol. The molecule has 0 aliphatic carbocycles. The van der Waals surface area contributed by atoms with Crippen LogP contribution in [0.25, 0.3) is 0 Å². The summed E-state index contributed by atoms with van der Waals surface area (Å²) in [5, 5.41) is 14.3. The molecule has 1 unspecified atom stereocenters. The molecule has 10 nitrogen and oxygen atoms in total. The third kappa shape index (κ3) is 8.27. The van der Waals surface area contributed by atoms with Crippen LogP contribution in [0.15, 0.2) is 66.7 Å². The first kappa shape index (κ1) is 37.0. The van der Waals surface area contributed by atoms with Gasteiger partial charge in [-0.1, -0.05) is 24.3 Å². The van der Waals surface area contributed by atoms with Crippen LogP contribution in [-0.4, -0.2) is 95.8 Å². The summed E-state index contributed by atoms with van der Waals surface area (Å²) in [7, 11) is 9.39. The van der Waals surface area contributed by atoms with Gasteiger partial charge in [0.15, 0.2) is 23.0 Å². The van der Waals surface area contributed by atoms with Crippen LogP contribution in [0.2, 0.25) is 0 Å². The molecule has 3 atom stereocenters. The van der Waals surface area contributed by atoms with Gasteiger partial charge in [0.1, 0.15) is 24.2 Å². The zero-order valence-corrected chi connectivity index (χ0v) is 31.7. The number of likely N-dealkylation sites (N-methyl/N-ethyl adjacent to an activating group) is 2. The van der Waals surface area contributed by atoms with Gasteiger partial charge in [-0.2, -0.15) is 0 Å². The van der Waals surface area contributed by atoms with E-state index >= 15 is 0 Å². The van der Waals surface area contributed by atoms with Gasteiger partial charge < -0.3 is 38.8 Å². The number of hydrogen-bond donors (Lipinski definition) is 2. The number of methoxy groups -OCH3 is 3. The third-order valence-electron chi connectivity index (χ3n) is 10.8. The molecule has 0 saturated carbocycles. The van der Waals surface area contributed by atoms with Crippen LogP contribution in [0.5, 0.6) is 40.2 Å². The van der Waals surface area contributed by atoms with Crippen molar-refractivity contribution in [1.29, 1.82) is 0 Å². The van der Waals surface area contributed by atoms with Crippen LogP contribution in [0, 0.1) is 0 Å². The smallest absolute Gasteiger partial charge is 0.204 e. The molecule has 10 heteroatoms. The van der Waals surface area contributed by atoms with E-state index in [0.717, 1.165) is 73.5 Å². The van der Waals surface area contributed by atoms with E-state index in [0.29, 0.717) is 48.3 Å². The minimum absolute atomic E-state index is 0.0506. The van der Waals surface area contributed by atoms with Crippen molar-refractivity contribution in [1.82, 2.24) is 15.1 Å². The molecule has 4 heterocycles. The number of nitrogens with one attached hydrogen (secondary N) is 1. The SMILES string of the molecule is COCCCNCC(O)COc1c(OC)cc2c3c1Oc1ccc4c(c1)[C@H](Cc1ccc(cc1)Oc1cc(ccc1OC)C[C@@H]3N(C)CC2)N(C)CC4. The maximum atomic E-state index is 11.0. The predicted octanol–water partition coefficient (Wildman–Crippen LogP) is 6.51. The fourth-order valence-corrected chi connectivity index (χ4v) is 7.87. The Hall–Kier alpha value is -4.32. The molecule has 4 aliphatic heterocycles. The molecule has 0 aromatic heterocycles. The van der Waals surface area contributed by atoms with Gasteiger partial charge in [0.2, 0.25) is 5.75 Å². The lowest BCUT2D eigenvalue weighted by molar-refractivity contribution is 0.102. The van der Waals surface area contributed by atoms with Crippen molar-refractivity contribution in [3.8, 4) is 40.2 Å². The highest BCUT2D eigenvalue weighted by molar-refractivity contribution is 5.63. The highest BCUT2D eigenvalue weighted by Crippen LogP contribution is 2.51. The summed E-state index contributed by atoms with van der Waals surface area (Å²) in [6.07, 6.45) is 3.46. The number of fused-ring (bicyclic) bond motifs is 2. The van der Waals surface area contributed by atoms with E-state index in [1.165, 1.54) is 16.7 Å². The van der Waals surface area contributed by atoms with Crippen molar-refractivity contribution in [3.63, 3.8) is 0 Å². The molecule has 282 valence electrons. The second kappa shape index (κ2) is 16.8. The first-order chi connectivity index (χ1) is 25.8. The molecule has 4 aliphatic rings. The second-order valence-corrected chi connectivity index (χ2v) is 14.4. The van der Waals surface area contributed by atoms with E-state index in [-0.39, 0.29) is 18.7 Å². The van der Waals surface area contributed by atoms with Crippen LogP contribution in [-0.2, 0) is 30.4 Å². The summed E-state index contributed by atoms with van der Waals surface area (Å²) >= 11 is 0. The van der Waals surface area contributed by atoms with E-state index < -0.39 is 6.10 Å². The normalized spacial score (nSPS) is 18.9. The van der Waals surface area contributed by atoms with E-state index in [9.17, 15) is 5.11 Å². The average Bonchev–Trinajstić information content (AvgIpc) is 3.16. The number of nitrogens with zero attached hydrogens (tertiary/aromatic N) is 2. The quantitative estimate of drug-likeness (QED) is 0.167. The van der Waals surface area contributed by atoms with Gasteiger partial charge in [0, 0.05) is 51.0 Å². The molecular formula is C43H53N3O7. The number of benzene rings is 4. The van der Waals surface area contributed by atoms with Gasteiger partial charge in [-0.05, 0) is 123 Å². The van der Waals surface area contributed by atoms with E-state index in [1.807, 2.05) is 6.07 Å². The summed E-state index contributed by atoms with van der Waals surface area (Å²) in [5.74, 6) is 4.56. The molecule has 0 spiro atoms. The number of aliphatic hydroxyl groups is 1. The maximum absolute atomic E-state index is 11.0. The standard InChI is InChI=1S/C43H53N3O7/c1-45-18-15-30-10-13-34-25-35(30)36(45)21-28-7-11-33(12-8-28)52-39-23-29(9-14-38(39)49-4)22-37-41-31(16-19-46(37)2)24-40(50-5)42(43(41)53-34)51-27-32(47)26-44-17-6-20-48-3/h7-14,23-25,32,36-37,44,47H,6,15-22,26-27H2,1-5H3/t32?,36-,37-/m0/s1. The zero-order valence-electron chi connectivity index (χ0n) is 31.7. The largest absolute Gasteiger partial charge is 0.493 e. The summed E-state index contributed by atoms with van der Waals surface area (Å²) in [6, 6.07) is 23.3. The Morgan fingerprint density at radius 1 is 0.792 bits per heavy atom. The Morgan fingerprint density at radius 3 is 2.28 bits per heavy atom. The highest BCUT2D eigenvalue weighted by atomic mass is 16.5. The molecule has 4 aromatic rings. The number of aliphatic hydroxyl groups excluding tert-OH is 1. The minimum Gasteiger partial charge on any atom is -0.493 e. The Morgan fingerprint density at radius 2 is 1.51 bits per heavy atom. The molecule has 0 saturated heterocycles. The molecule has 4 aromatic carbocycles. The molecule has 0 radical (unpaired) electrons. The van der Waals surface area contributed by atoms with Gasteiger partial charge in [-0.3, -0.25) is 9.80 Å². The molecule has 0 fully saturated rings. The fraction of sp³-hybridized carbons (Fsp3) is 0.442. The molecule has 2 N–H and O–H groups in total. The Bertz CT molecular complexity index is 1870. The van der Waals surface area contributed by atoms with Crippen molar-refractivity contribution < 1.29 is 33.5 Å². The van der Waals surface area contributed by atoms with Crippen LogP contribution < -0.4 is 29.0 Å². The first-order valence-electron chi connectivity index (χ1n) is 18.7. The molecule has 0 amide bonds. The van der Waals surface area contributed by atoms with E-state index in [2.05, 4.69) is 89.9 Å². The second-order valence-electron chi connectivity index (χ2n) is 14.4. The van der Waals surface area contributed by atoms with E-state index in [1.54, 1.807) is 21.3 Å². The van der Waals surface area contributed by atoms with Crippen LogP contribution in [0.4, 0.5) is 0 Å². The lowest BCUT2D eigenvalue weighted by Crippen LogP contribution is -2.34. The topological polar surface area (TPSA) is 94.1 Å². The lowest BCUT2D eigenvalue weighted by atomic mass is 9.87. The molecule has 8 rings (SSSR count). The van der Waals surface area contributed by atoms with Crippen molar-refractivity contribution in [2.24, 2.45) is 0 Å². The number of rotatable bonds is 11. The van der Waals surface area contributed by atoms with Crippen molar-refractivity contribution >= 4 is 0 Å². The minimum atomic E-state index is -0.741. The van der Waals surface area contributed by atoms with Crippen LogP contribution >= 0.6 is 0 Å². The summed E-state index contributed by atoms with van der Waals surface area (Å²) in [6.45, 7) is 3.72. The van der Waals surface area contributed by atoms with E-state index in [4.69, 9.17) is 28.4 Å². The molecular weight excluding hydrogens is 670 g/mol. The highest BCUT2D eigenvalue weighted by Gasteiger charge is 2.34. The lowest BCUT2D eigenvalue weighted by Gasteiger charge is -2.37. The van der Waals surface area contributed by atoms with Gasteiger partial charge in [-0.25, -0.2) is 0 Å². The van der Waals surface area contributed by atoms with Crippen molar-refractivity contribution in [2.75, 3.05) is 74.8 Å². The number of ether oxygens (including phenoxy) is 6. The van der Waals surface area contributed by atoms with Crippen molar-refractivity contribution in [3.05, 3.63) is 100 Å². The Balaban J connectivity index is 1.34. The van der Waals surface area contributed by atoms with Gasteiger partial charge >= 0.3 is 0 Å².